The first-order valence-corrected chi connectivity index (χ1v) is 11.2. The van der Waals surface area contributed by atoms with Crippen LogP contribution >= 0.6 is 0 Å². The molecule has 3 atom stereocenters. The molecule has 0 radical (unpaired) electrons. The summed E-state index contributed by atoms with van der Waals surface area (Å²) in [5, 5.41) is 10.8. The molecule has 0 aromatic heterocycles. The predicted molar refractivity (Wildman–Crippen MR) is 120 cm³/mol. The molecule has 3 aliphatic rings. The number of imide groups is 1. The zero-order valence-electron chi connectivity index (χ0n) is 19.2. The van der Waals surface area contributed by atoms with Crippen LogP contribution in [0.3, 0.4) is 0 Å². The first kappa shape index (κ1) is 22.3. The van der Waals surface area contributed by atoms with Crippen molar-refractivity contribution >= 4 is 23.7 Å². The molecule has 1 aromatic carbocycles. The predicted octanol–water partition coefficient (Wildman–Crippen LogP) is 1.14. The van der Waals surface area contributed by atoms with Gasteiger partial charge in [-0.05, 0) is 37.3 Å². The quantitative estimate of drug-likeness (QED) is 0.691. The normalized spacial score (nSPS) is 26.9. The molecule has 3 amide bonds. The number of aryl methyl sites for hydroxylation is 1. The number of amides is 3. The number of benzene rings is 1. The van der Waals surface area contributed by atoms with Crippen molar-refractivity contribution in [1.29, 1.82) is 0 Å². The Labute approximate surface area is 188 Å². The van der Waals surface area contributed by atoms with Crippen molar-refractivity contribution in [2.75, 3.05) is 40.3 Å². The van der Waals surface area contributed by atoms with Gasteiger partial charge in [0.05, 0.1) is 19.6 Å². The number of amidine groups is 1. The number of carbonyl (C=O) groups is 2. The number of aliphatic hydroxyl groups excluding tert-OH is 1. The van der Waals surface area contributed by atoms with E-state index in [9.17, 15) is 14.7 Å². The van der Waals surface area contributed by atoms with Crippen LogP contribution < -0.4 is 4.74 Å². The minimum absolute atomic E-state index is 0.0892. The molecule has 0 aliphatic carbocycles. The SMILES string of the molecule is Cc1ccccc1OCC(O)CN1C(=[N+]2CCCC(C)C2)N=C2C1C(=O)N(C)C(=O)N2C. The number of piperidine rings is 1. The number of fused-ring (bicyclic) bond motifs is 1. The maximum atomic E-state index is 13.1. The number of para-hydroxylation sites is 1. The Bertz CT molecular complexity index is 975. The van der Waals surface area contributed by atoms with Gasteiger partial charge in [-0.3, -0.25) is 19.2 Å². The van der Waals surface area contributed by atoms with Gasteiger partial charge in [0.25, 0.3) is 5.91 Å². The van der Waals surface area contributed by atoms with Crippen molar-refractivity contribution < 1.29 is 24.0 Å². The van der Waals surface area contributed by atoms with Gasteiger partial charge >= 0.3 is 12.0 Å². The van der Waals surface area contributed by atoms with Gasteiger partial charge in [0.1, 0.15) is 18.5 Å². The van der Waals surface area contributed by atoms with Crippen molar-refractivity contribution in [2.24, 2.45) is 10.9 Å². The molecule has 3 unspecified atom stereocenters. The Kier molecular flexibility index (Phi) is 6.19. The summed E-state index contributed by atoms with van der Waals surface area (Å²) in [6, 6.07) is 6.51. The summed E-state index contributed by atoms with van der Waals surface area (Å²) in [5.41, 5.74) is 0.991. The lowest BCUT2D eigenvalue weighted by atomic mass is 10.0. The van der Waals surface area contributed by atoms with Crippen molar-refractivity contribution in [1.82, 2.24) is 14.7 Å². The van der Waals surface area contributed by atoms with E-state index in [1.807, 2.05) is 36.1 Å². The summed E-state index contributed by atoms with van der Waals surface area (Å²) in [5.74, 6) is 1.96. The minimum atomic E-state index is -0.845. The van der Waals surface area contributed by atoms with E-state index in [0.29, 0.717) is 17.7 Å². The van der Waals surface area contributed by atoms with E-state index in [4.69, 9.17) is 9.73 Å². The van der Waals surface area contributed by atoms with E-state index in [-0.39, 0.29) is 19.1 Å². The van der Waals surface area contributed by atoms with Crippen molar-refractivity contribution in [3.63, 3.8) is 0 Å². The lowest BCUT2D eigenvalue weighted by molar-refractivity contribution is -0.550. The summed E-state index contributed by atoms with van der Waals surface area (Å²) in [6.45, 7) is 6.07. The van der Waals surface area contributed by atoms with Gasteiger partial charge < -0.3 is 9.84 Å². The van der Waals surface area contributed by atoms with E-state index in [2.05, 4.69) is 11.5 Å². The summed E-state index contributed by atoms with van der Waals surface area (Å²) in [6.07, 6.45) is 1.34. The maximum absolute atomic E-state index is 13.1. The number of aliphatic hydroxyl groups is 1. The van der Waals surface area contributed by atoms with E-state index in [1.54, 1.807) is 7.05 Å². The van der Waals surface area contributed by atoms with Crippen LogP contribution in [0.15, 0.2) is 29.3 Å². The number of β-amino-alcohol motifs (C(OH)–C–C–N with tert-alkyl or cyclic N) is 1. The highest BCUT2D eigenvalue weighted by Crippen LogP contribution is 2.25. The average Bonchev–Trinajstić information content (AvgIpc) is 3.15. The number of guanidine groups is 1. The number of carbonyl (C=O) groups excluding carboxylic acids is 2. The van der Waals surface area contributed by atoms with Crippen molar-refractivity contribution in [3.05, 3.63) is 29.8 Å². The molecule has 4 rings (SSSR count). The van der Waals surface area contributed by atoms with Gasteiger partial charge in [-0.25, -0.2) is 9.69 Å². The lowest BCUT2D eigenvalue weighted by Crippen LogP contribution is -2.63. The molecule has 0 saturated carbocycles. The van der Waals surface area contributed by atoms with Crippen LogP contribution in [0.1, 0.15) is 25.3 Å². The first-order valence-electron chi connectivity index (χ1n) is 11.2. The van der Waals surface area contributed by atoms with E-state index >= 15 is 0 Å². The molecular weight excluding hydrogens is 410 g/mol. The third-order valence-corrected chi connectivity index (χ3v) is 6.38. The second-order valence-electron chi connectivity index (χ2n) is 8.99. The summed E-state index contributed by atoms with van der Waals surface area (Å²) >= 11 is 0. The fourth-order valence-electron chi connectivity index (χ4n) is 4.58. The largest absolute Gasteiger partial charge is 0.490 e. The highest BCUT2D eigenvalue weighted by molar-refractivity contribution is 6.25. The topological polar surface area (TPSA) is 88.7 Å². The Hall–Kier alpha value is -2.94. The Morgan fingerprint density at radius 1 is 1.25 bits per heavy atom. The minimum Gasteiger partial charge on any atom is -0.490 e. The van der Waals surface area contributed by atoms with E-state index in [1.165, 1.54) is 11.9 Å². The molecule has 3 heterocycles. The smallest absolute Gasteiger partial charge is 0.392 e. The number of likely N-dealkylation sites (N-methyl/N-ethyl adjacent to an activating group) is 2. The van der Waals surface area contributed by atoms with Gasteiger partial charge in [-0.15, -0.1) is 0 Å². The van der Waals surface area contributed by atoms with Crippen LogP contribution in [0, 0.1) is 12.8 Å². The summed E-state index contributed by atoms with van der Waals surface area (Å²) in [4.78, 5) is 34.7. The standard InChI is InChI=1S/C23H32N5O4/c1-15-8-7-11-27(12-15)22-24-20-19(21(30)26(4)23(31)25(20)3)28(22)13-17(29)14-32-18-10-6-5-9-16(18)2/h5-6,9-10,15,17,19,29H,7-8,11-14H2,1-4H3/q+1. The molecule has 2 saturated heterocycles. The molecule has 0 spiro atoms. The third-order valence-electron chi connectivity index (χ3n) is 6.38. The fraction of sp³-hybridized carbons (Fsp3) is 0.565. The summed E-state index contributed by atoms with van der Waals surface area (Å²) < 4.78 is 8.00. The number of urea groups is 1. The van der Waals surface area contributed by atoms with Crippen LogP contribution in [0.4, 0.5) is 4.79 Å². The van der Waals surface area contributed by atoms with Crippen LogP contribution in [-0.4, -0.2) is 101 Å². The molecule has 1 N–H and O–H groups in total. The average molecular weight is 443 g/mol. The third kappa shape index (κ3) is 4.09. The Morgan fingerprint density at radius 3 is 2.72 bits per heavy atom. The molecule has 0 bridgehead atoms. The zero-order valence-corrected chi connectivity index (χ0v) is 19.2. The molecule has 172 valence electrons. The molecular formula is C23H32N5O4+. The van der Waals surface area contributed by atoms with Crippen LogP contribution in [0.2, 0.25) is 0 Å². The van der Waals surface area contributed by atoms with Gasteiger partial charge in [0.2, 0.25) is 11.9 Å². The second-order valence-corrected chi connectivity index (χ2v) is 8.99. The van der Waals surface area contributed by atoms with Crippen LogP contribution in [0.5, 0.6) is 5.75 Å². The molecule has 9 heteroatoms. The van der Waals surface area contributed by atoms with Gasteiger partial charge in [-0.2, -0.15) is 0 Å². The van der Waals surface area contributed by atoms with Gasteiger partial charge in [0, 0.05) is 14.1 Å². The zero-order chi connectivity index (χ0) is 23.0. The molecule has 3 aliphatic heterocycles. The van der Waals surface area contributed by atoms with E-state index < -0.39 is 18.2 Å². The summed E-state index contributed by atoms with van der Waals surface area (Å²) in [7, 11) is 3.11. The second kappa shape index (κ2) is 8.90. The van der Waals surface area contributed by atoms with Crippen molar-refractivity contribution in [3.8, 4) is 5.75 Å². The highest BCUT2D eigenvalue weighted by atomic mass is 16.5. The molecule has 32 heavy (non-hydrogen) atoms. The number of hydrogen-bond acceptors (Lipinski definition) is 4. The molecule has 2 fully saturated rings. The van der Waals surface area contributed by atoms with Crippen LogP contribution in [0.25, 0.3) is 0 Å². The highest BCUT2D eigenvalue weighted by Gasteiger charge is 2.55. The number of aliphatic imine (C=N–C) groups is 1. The number of hydrogen-bond donors (Lipinski definition) is 1. The maximum Gasteiger partial charge on any atom is 0.392 e. The van der Waals surface area contributed by atoms with Crippen LogP contribution in [-0.2, 0) is 4.79 Å². The monoisotopic (exact) mass is 442 g/mol. The van der Waals surface area contributed by atoms with Gasteiger partial charge in [-0.1, -0.05) is 30.1 Å². The number of ether oxygens (including phenoxy) is 1. The molecule has 9 nitrogen and oxygen atoms in total. The van der Waals surface area contributed by atoms with Crippen molar-refractivity contribution in [2.45, 2.75) is 38.8 Å². The number of nitrogens with zero attached hydrogens (tertiary/aromatic N) is 5. The lowest BCUT2D eigenvalue weighted by Gasteiger charge is -2.34. The Balaban J connectivity index is 1.60. The van der Waals surface area contributed by atoms with Gasteiger partial charge in [0.15, 0.2) is 0 Å². The number of rotatable bonds is 5. The fourth-order valence-corrected chi connectivity index (χ4v) is 4.58. The Morgan fingerprint density at radius 2 is 2.00 bits per heavy atom. The van der Waals surface area contributed by atoms with E-state index in [0.717, 1.165) is 42.1 Å². The molecule has 1 aromatic rings. The first-order chi connectivity index (χ1) is 15.3.